The van der Waals surface area contributed by atoms with E-state index in [1.165, 1.54) is 0 Å². The third kappa shape index (κ3) is 4.33. The van der Waals surface area contributed by atoms with Crippen LogP contribution in [0.3, 0.4) is 0 Å². The minimum Gasteiger partial charge on any atom is -0.494 e. The van der Waals surface area contributed by atoms with E-state index in [-0.39, 0.29) is 5.91 Å². The zero-order valence-electron chi connectivity index (χ0n) is 12.5. The van der Waals surface area contributed by atoms with Crippen molar-refractivity contribution in [2.24, 2.45) is 5.10 Å². The molecule has 1 N–H and O–H groups in total. The van der Waals surface area contributed by atoms with Crippen molar-refractivity contribution in [1.82, 2.24) is 5.43 Å². The molecule has 114 valence electrons. The minimum atomic E-state index is -0.298. The fraction of sp³-hybridized carbons (Fsp3) is 0.176. The molecule has 0 unspecified atom stereocenters. The van der Waals surface area contributed by atoms with Crippen LogP contribution >= 0.6 is 11.6 Å². The van der Waals surface area contributed by atoms with Gasteiger partial charge in [-0.15, -0.1) is 0 Å². The molecule has 2 aromatic carbocycles. The van der Waals surface area contributed by atoms with Crippen molar-refractivity contribution in [1.29, 1.82) is 0 Å². The highest BCUT2D eigenvalue weighted by atomic mass is 35.5. The van der Waals surface area contributed by atoms with E-state index in [0.29, 0.717) is 22.9 Å². The maximum Gasteiger partial charge on any atom is 0.271 e. The van der Waals surface area contributed by atoms with Crippen molar-refractivity contribution in [2.45, 2.75) is 13.8 Å². The molecule has 4 nitrogen and oxygen atoms in total. The van der Waals surface area contributed by atoms with E-state index in [9.17, 15) is 4.79 Å². The number of benzene rings is 2. The molecule has 22 heavy (non-hydrogen) atoms. The summed E-state index contributed by atoms with van der Waals surface area (Å²) >= 11 is 5.86. The number of nitrogens with zero attached hydrogens (tertiary/aromatic N) is 1. The lowest BCUT2D eigenvalue weighted by atomic mass is 10.1. The maximum absolute atomic E-state index is 12.0. The number of hydrazone groups is 1. The molecule has 0 fully saturated rings. The van der Waals surface area contributed by atoms with Crippen LogP contribution < -0.4 is 10.2 Å². The highest BCUT2D eigenvalue weighted by molar-refractivity contribution is 6.30. The average molecular weight is 317 g/mol. The van der Waals surface area contributed by atoms with Crippen LogP contribution in [0.5, 0.6) is 5.75 Å². The molecule has 0 aliphatic rings. The van der Waals surface area contributed by atoms with Gasteiger partial charge in [-0.05, 0) is 61.9 Å². The molecule has 0 aliphatic heterocycles. The SMILES string of the molecule is CCOc1ccc(/C(C)=N/NC(=O)c2cccc(Cl)c2)cc1. The predicted octanol–water partition coefficient (Wildman–Crippen LogP) is 3.89. The zero-order chi connectivity index (χ0) is 15.9. The van der Waals surface area contributed by atoms with Gasteiger partial charge in [0.15, 0.2) is 0 Å². The van der Waals surface area contributed by atoms with Crippen LogP contribution in [0, 0.1) is 0 Å². The van der Waals surface area contributed by atoms with E-state index in [4.69, 9.17) is 16.3 Å². The van der Waals surface area contributed by atoms with Crippen LogP contribution in [0.15, 0.2) is 53.6 Å². The molecule has 5 heteroatoms. The number of amides is 1. The first kappa shape index (κ1) is 16.0. The Balaban J connectivity index is 2.04. The van der Waals surface area contributed by atoms with Gasteiger partial charge in [-0.2, -0.15) is 5.10 Å². The summed E-state index contributed by atoms with van der Waals surface area (Å²) in [5, 5.41) is 4.62. The summed E-state index contributed by atoms with van der Waals surface area (Å²) in [4.78, 5) is 12.0. The molecule has 0 bridgehead atoms. The lowest BCUT2D eigenvalue weighted by molar-refractivity contribution is 0.0955. The molecule has 0 saturated carbocycles. The van der Waals surface area contributed by atoms with Crippen LogP contribution in [-0.4, -0.2) is 18.2 Å². The van der Waals surface area contributed by atoms with Crippen molar-refractivity contribution < 1.29 is 9.53 Å². The molecule has 0 heterocycles. The number of rotatable bonds is 5. The number of carbonyl (C=O) groups excluding carboxylic acids is 1. The number of hydrogen-bond acceptors (Lipinski definition) is 3. The standard InChI is InChI=1S/C17H17ClN2O2/c1-3-22-16-9-7-13(8-10-16)12(2)19-20-17(21)14-5-4-6-15(18)11-14/h4-11H,3H2,1-2H3,(H,20,21)/b19-12+. The molecule has 2 aromatic rings. The van der Waals surface area contributed by atoms with Gasteiger partial charge >= 0.3 is 0 Å². The third-order valence-electron chi connectivity index (χ3n) is 3.00. The lowest BCUT2D eigenvalue weighted by Crippen LogP contribution is -2.19. The van der Waals surface area contributed by atoms with E-state index >= 15 is 0 Å². The molecule has 2 rings (SSSR count). The first-order chi connectivity index (χ1) is 10.6. The van der Waals surface area contributed by atoms with E-state index in [1.807, 2.05) is 38.1 Å². The largest absolute Gasteiger partial charge is 0.494 e. The van der Waals surface area contributed by atoms with E-state index in [2.05, 4.69) is 10.5 Å². The Bertz CT molecular complexity index is 681. The van der Waals surface area contributed by atoms with Gasteiger partial charge in [-0.25, -0.2) is 5.43 Å². The summed E-state index contributed by atoms with van der Waals surface area (Å²) in [6, 6.07) is 14.3. The van der Waals surface area contributed by atoms with Crippen LogP contribution in [0.25, 0.3) is 0 Å². The molecule has 0 aliphatic carbocycles. The van der Waals surface area contributed by atoms with Gasteiger partial charge in [0.1, 0.15) is 5.75 Å². The Morgan fingerprint density at radius 2 is 1.91 bits per heavy atom. The Morgan fingerprint density at radius 3 is 2.55 bits per heavy atom. The number of hydrogen-bond donors (Lipinski definition) is 1. The van der Waals surface area contributed by atoms with Crippen LogP contribution in [0.1, 0.15) is 29.8 Å². The number of nitrogens with one attached hydrogen (secondary N) is 1. The highest BCUT2D eigenvalue weighted by Crippen LogP contribution is 2.13. The Labute approximate surface area is 134 Å². The second kappa shape index (κ2) is 7.61. The molecular formula is C17H17ClN2O2. The van der Waals surface area contributed by atoms with Gasteiger partial charge in [0.25, 0.3) is 5.91 Å². The fourth-order valence-corrected chi connectivity index (χ4v) is 2.04. The van der Waals surface area contributed by atoms with Crippen molar-refractivity contribution in [3.63, 3.8) is 0 Å². The van der Waals surface area contributed by atoms with Crippen molar-refractivity contribution in [3.8, 4) is 5.75 Å². The highest BCUT2D eigenvalue weighted by Gasteiger charge is 2.05. The number of halogens is 1. The van der Waals surface area contributed by atoms with Crippen LogP contribution in [-0.2, 0) is 0 Å². The molecule has 1 amide bonds. The Kier molecular flexibility index (Phi) is 5.55. The second-order valence-corrected chi connectivity index (χ2v) is 5.04. The van der Waals surface area contributed by atoms with E-state index < -0.39 is 0 Å². The van der Waals surface area contributed by atoms with Gasteiger partial charge < -0.3 is 4.74 Å². The summed E-state index contributed by atoms with van der Waals surface area (Å²) in [5.41, 5.74) is 4.61. The summed E-state index contributed by atoms with van der Waals surface area (Å²) in [6.45, 7) is 4.39. The van der Waals surface area contributed by atoms with Gasteiger partial charge in [-0.1, -0.05) is 17.7 Å². The summed E-state index contributed by atoms with van der Waals surface area (Å²) in [5.74, 6) is 0.509. The fourth-order valence-electron chi connectivity index (χ4n) is 1.85. The Morgan fingerprint density at radius 1 is 1.18 bits per heavy atom. The first-order valence-corrected chi connectivity index (χ1v) is 7.31. The number of ether oxygens (including phenoxy) is 1. The monoisotopic (exact) mass is 316 g/mol. The summed E-state index contributed by atoms with van der Waals surface area (Å²) in [6.07, 6.45) is 0. The topological polar surface area (TPSA) is 50.7 Å². The normalized spacial score (nSPS) is 11.1. The predicted molar refractivity (Wildman–Crippen MR) is 88.7 cm³/mol. The van der Waals surface area contributed by atoms with Gasteiger partial charge in [0, 0.05) is 10.6 Å². The van der Waals surface area contributed by atoms with Crippen molar-refractivity contribution in [3.05, 3.63) is 64.7 Å². The van der Waals surface area contributed by atoms with Gasteiger partial charge in [0.2, 0.25) is 0 Å². The second-order valence-electron chi connectivity index (χ2n) is 4.61. The third-order valence-corrected chi connectivity index (χ3v) is 3.23. The van der Waals surface area contributed by atoms with Gasteiger partial charge in [-0.3, -0.25) is 4.79 Å². The van der Waals surface area contributed by atoms with Crippen LogP contribution in [0.2, 0.25) is 5.02 Å². The first-order valence-electron chi connectivity index (χ1n) is 6.93. The quantitative estimate of drug-likeness (QED) is 0.672. The molecule has 0 spiro atoms. The van der Waals surface area contributed by atoms with Crippen molar-refractivity contribution >= 4 is 23.2 Å². The summed E-state index contributed by atoms with van der Waals surface area (Å²) < 4.78 is 5.39. The van der Waals surface area contributed by atoms with E-state index in [0.717, 1.165) is 11.3 Å². The van der Waals surface area contributed by atoms with Gasteiger partial charge in [0.05, 0.1) is 12.3 Å². The molecule has 0 saturated heterocycles. The summed E-state index contributed by atoms with van der Waals surface area (Å²) in [7, 11) is 0. The molecule has 0 atom stereocenters. The molecule has 0 radical (unpaired) electrons. The smallest absolute Gasteiger partial charge is 0.271 e. The minimum absolute atomic E-state index is 0.298. The average Bonchev–Trinajstić information content (AvgIpc) is 2.53. The zero-order valence-corrected chi connectivity index (χ0v) is 13.2. The molecule has 0 aromatic heterocycles. The Hall–Kier alpha value is -2.33. The maximum atomic E-state index is 12.0. The molecular weight excluding hydrogens is 300 g/mol. The lowest BCUT2D eigenvalue weighted by Gasteiger charge is -2.05. The van der Waals surface area contributed by atoms with Crippen LogP contribution in [0.4, 0.5) is 0 Å². The number of carbonyl (C=O) groups is 1. The van der Waals surface area contributed by atoms with E-state index in [1.54, 1.807) is 24.3 Å². The van der Waals surface area contributed by atoms with Crippen molar-refractivity contribution in [2.75, 3.05) is 6.61 Å².